The number of ether oxygens (including phenoxy) is 1. The van der Waals surface area contributed by atoms with Crippen molar-refractivity contribution in [2.45, 2.75) is 19.0 Å². The maximum Gasteiger partial charge on any atom is 0.325 e. The van der Waals surface area contributed by atoms with E-state index >= 15 is 0 Å². The quantitative estimate of drug-likeness (QED) is 0.613. The van der Waals surface area contributed by atoms with Crippen LogP contribution in [0.5, 0.6) is 0 Å². The molecule has 8 nitrogen and oxygen atoms in total. The normalized spacial score (nSPS) is 17.4. The SMILES string of the molecule is COC(=O)C[C@@H]1NC(=O)N(CN(C)Cc2nc3ccccc3s2)C1=O. The van der Waals surface area contributed by atoms with Gasteiger partial charge in [-0.25, -0.2) is 14.7 Å². The van der Waals surface area contributed by atoms with E-state index in [1.165, 1.54) is 7.11 Å². The monoisotopic (exact) mass is 362 g/mol. The highest BCUT2D eigenvalue weighted by atomic mass is 32.1. The molecule has 1 fully saturated rings. The first-order valence-corrected chi connectivity index (χ1v) is 8.51. The van der Waals surface area contributed by atoms with Gasteiger partial charge >= 0.3 is 12.0 Å². The lowest BCUT2D eigenvalue weighted by Gasteiger charge is -2.21. The second-order valence-electron chi connectivity index (χ2n) is 5.78. The van der Waals surface area contributed by atoms with Gasteiger partial charge in [0.25, 0.3) is 5.91 Å². The molecule has 0 spiro atoms. The molecule has 9 heteroatoms. The zero-order chi connectivity index (χ0) is 18.0. The molecular weight excluding hydrogens is 344 g/mol. The lowest BCUT2D eigenvalue weighted by molar-refractivity contribution is -0.143. The number of hydrogen-bond donors (Lipinski definition) is 1. The van der Waals surface area contributed by atoms with Gasteiger partial charge in [-0.2, -0.15) is 0 Å². The van der Waals surface area contributed by atoms with Gasteiger partial charge < -0.3 is 10.1 Å². The number of aromatic nitrogens is 1. The van der Waals surface area contributed by atoms with Crippen molar-refractivity contribution in [3.05, 3.63) is 29.3 Å². The predicted molar refractivity (Wildman–Crippen MR) is 91.8 cm³/mol. The van der Waals surface area contributed by atoms with Crippen molar-refractivity contribution in [1.82, 2.24) is 20.1 Å². The van der Waals surface area contributed by atoms with Gasteiger partial charge in [0.1, 0.15) is 11.0 Å². The molecule has 1 aromatic carbocycles. The number of para-hydroxylation sites is 1. The Morgan fingerprint density at radius 1 is 1.40 bits per heavy atom. The summed E-state index contributed by atoms with van der Waals surface area (Å²) < 4.78 is 5.64. The van der Waals surface area contributed by atoms with Gasteiger partial charge in [-0.3, -0.25) is 14.5 Å². The molecule has 1 aliphatic rings. The highest BCUT2D eigenvalue weighted by Gasteiger charge is 2.39. The number of carbonyl (C=O) groups is 3. The Morgan fingerprint density at radius 2 is 2.16 bits per heavy atom. The van der Waals surface area contributed by atoms with E-state index in [4.69, 9.17) is 0 Å². The summed E-state index contributed by atoms with van der Waals surface area (Å²) in [5.41, 5.74) is 0.934. The number of fused-ring (bicyclic) bond motifs is 1. The van der Waals surface area contributed by atoms with E-state index in [0.29, 0.717) is 6.54 Å². The van der Waals surface area contributed by atoms with Crippen molar-refractivity contribution in [2.75, 3.05) is 20.8 Å². The van der Waals surface area contributed by atoms with Crippen molar-refractivity contribution >= 4 is 39.5 Å². The summed E-state index contributed by atoms with van der Waals surface area (Å²) >= 11 is 1.58. The fourth-order valence-corrected chi connectivity index (χ4v) is 3.66. The molecule has 132 valence electrons. The molecule has 0 radical (unpaired) electrons. The molecule has 1 aromatic heterocycles. The summed E-state index contributed by atoms with van der Waals surface area (Å²) in [5.74, 6) is -0.963. The summed E-state index contributed by atoms with van der Waals surface area (Å²) in [6.45, 7) is 0.635. The van der Waals surface area contributed by atoms with E-state index in [-0.39, 0.29) is 13.1 Å². The van der Waals surface area contributed by atoms with E-state index in [2.05, 4.69) is 15.0 Å². The number of nitrogens with zero attached hydrogens (tertiary/aromatic N) is 3. The molecule has 1 N–H and O–H groups in total. The van der Waals surface area contributed by atoms with Gasteiger partial charge in [-0.05, 0) is 19.2 Å². The highest BCUT2D eigenvalue weighted by molar-refractivity contribution is 7.18. The van der Waals surface area contributed by atoms with Crippen LogP contribution in [0.15, 0.2) is 24.3 Å². The lowest BCUT2D eigenvalue weighted by atomic mass is 10.2. The molecule has 2 heterocycles. The van der Waals surface area contributed by atoms with Crippen molar-refractivity contribution in [3.8, 4) is 0 Å². The number of imide groups is 1. The average molecular weight is 362 g/mol. The smallest absolute Gasteiger partial charge is 0.325 e. The average Bonchev–Trinajstić information content (AvgIpc) is 3.10. The number of rotatable bonds is 6. The molecule has 3 rings (SSSR count). The summed E-state index contributed by atoms with van der Waals surface area (Å²) in [4.78, 5) is 43.1. The van der Waals surface area contributed by atoms with E-state index in [9.17, 15) is 14.4 Å². The standard InChI is InChI=1S/C16H18N4O4S/c1-19(8-13-17-10-5-3-4-6-12(10)25-13)9-20-15(22)11(18-16(20)23)7-14(21)24-2/h3-6,11H,7-9H2,1-2H3,(H,18,23)/t11-/m0/s1. The molecule has 1 saturated heterocycles. The fourth-order valence-electron chi connectivity index (χ4n) is 2.61. The zero-order valence-corrected chi connectivity index (χ0v) is 14.7. The zero-order valence-electron chi connectivity index (χ0n) is 13.9. The van der Waals surface area contributed by atoms with Gasteiger partial charge in [-0.15, -0.1) is 11.3 Å². The largest absolute Gasteiger partial charge is 0.469 e. The molecule has 3 amide bonds. The summed E-state index contributed by atoms with van der Waals surface area (Å²) in [7, 11) is 3.05. The molecule has 0 unspecified atom stereocenters. The Hall–Kier alpha value is -2.52. The van der Waals surface area contributed by atoms with Crippen LogP contribution in [-0.4, -0.2) is 59.6 Å². The van der Waals surface area contributed by atoms with Crippen LogP contribution in [0.3, 0.4) is 0 Å². The van der Waals surface area contributed by atoms with Crippen molar-refractivity contribution in [1.29, 1.82) is 0 Å². The Labute approximate surface area is 148 Å². The van der Waals surface area contributed by atoms with Crippen molar-refractivity contribution in [2.24, 2.45) is 0 Å². The second-order valence-corrected chi connectivity index (χ2v) is 6.89. The van der Waals surface area contributed by atoms with Crippen molar-refractivity contribution < 1.29 is 19.1 Å². The molecule has 2 aromatic rings. The van der Waals surface area contributed by atoms with Gasteiger partial charge in [0.05, 0.1) is 37.0 Å². The number of carbonyl (C=O) groups excluding carboxylic acids is 3. The van der Waals surface area contributed by atoms with Crippen LogP contribution in [0.25, 0.3) is 10.2 Å². The lowest BCUT2D eigenvalue weighted by Crippen LogP contribution is -2.40. The molecule has 25 heavy (non-hydrogen) atoms. The number of esters is 1. The Kier molecular flexibility index (Phi) is 4.95. The molecule has 0 saturated carbocycles. The van der Waals surface area contributed by atoms with E-state index in [0.717, 1.165) is 20.1 Å². The summed E-state index contributed by atoms with van der Waals surface area (Å²) in [6, 6.07) is 6.48. The van der Waals surface area contributed by atoms with Crippen molar-refractivity contribution in [3.63, 3.8) is 0 Å². The number of benzene rings is 1. The number of thiazole rings is 1. The maximum absolute atomic E-state index is 12.3. The van der Waals surface area contributed by atoms with Gasteiger partial charge in [0.15, 0.2) is 0 Å². The highest BCUT2D eigenvalue weighted by Crippen LogP contribution is 2.22. The van der Waals surface area contributed by atoms with Gasteiger partial charge in [0, 0.05) is 0 Å². The minimum atomic E-state index is -0.865. The Balaban J connectivity index is 1.62. The van der Waals surface area contributed by atoms with Crippen LogP contribution < -0.4 is 5.32 Å². The van der Waals surface area contributed by atoms with Crippen LogP contribution in [-0.2, 0) is 20.9 Å². The minimum Gasteiger partial charge on any atom is -0.469 e. The third-order valence-electron chi connectivity index (χ3n) is 3.83. The number of hydrogen-bond acceptors (Lipinski definition) is 7. The van der Waals surface area contributed by atoms with Gasteiger partial charge in [-0.1, -0.05) is 12.1 Å². The molecule has 0 aliphatic carbocycles. The van der Waals surface area contributed by atoms with Crippen LogP contribution in [0.2, 0.25) is 0 Å². The predicted octanol–water partition coefficient (Wildman–Crippen LogP) is 1.17. The Bertz CT molecular complexity index is 788. The van der Waals surface area contributed by atoms with E-state index in [1.54, 1.807) is 18.4 Å². The van der Waals surface area contributed by atoms with Crippen LogP contribution in [0.4, 0.5) is 4.79 Å². The third-order valence-corrected chi connectivity index (χ3v) is 4.85. The van der Waals surface area contributed by atoms with E-state index < -0.39 is 23.9 Å². The van der Waals surface area contributed by atoms with Crippen LogP contribution in [0.1, 0.15) is 11.4 Å². The van der Waals surface area contributed by atoms with Crippen LogP contribution in [0, 0.1) is 0 Å². The summed E-state index contributed by atoms with van der Waals surface area (Å²) in [5, 5.41) is 3.41. The molecule has 1 aliphatic heterocycles. The Morgan fingerprint density at radius 3 is 2.88 bits per heavy atom. The first-order valence-electron chi connectivity index (χ1n) is 7.69. The molecule has 1 atom stereocenters. The molecule has 0 bridgehead atoms. The number of amides is 3. The topological polar surface area (TPSA) is 91.8 Å². The number of nitrogens with one attached hydrogen (secondary N) is 1. The van der Waals surface area contributed by atoms with Crippen LogP contribution >= 0.6 is 11.3 Å². The third kappa shape index (κ3) is 3.77. The number of urea groups is 1. The fraction of sp³-hybridized carbons (Fsp3) is 0.375. The number of methoxy groups -OCH3 is 1. The minimum absolute atomic E-state index is 0.123. The first-order chi connectivity index (χ1) is 12.0. The summed E-state index contributed by atoms with van der Waals surface area (Å²) in [6.07, 6.45) is -0.168. The van der Waals surface area contributed by atoms with Gasteiger partial charge in [0.2, 0.25) is 0 Å². The first kappa shape index (κ1) is 17.3. The molecular formula is C16H18N4O4S. The second kappa shape index (κ2) is 7.16. The maximum atomic E-state index is 12.3. The van der Waals surface area contributed by atoms with E-state index in [1.807, 2.05) is 29.2 Å².